The number of hydrogen-bond donors (Lipinski definition) is 0. The molecule has 0 aromatic carbocycles. The van der Waals surface area contributed by atoms with Crippen LogP contribution in [0, 0.1) is 6.58 Å². The second kappa shape index (κ2) is 21.7. The Kier molecular flexibility index (Phi) is 19.6. The monoisotopic (exact) mass is 333 g/mol. The SMILES string of the molecule is [CH]=C/C=C/C=C/C=C/C=C/C=C/C=C/C=C/C=C/CCCCCCC. The predicted octanol–water partition coefficient (Wildman–Crippen LogP) is 7.79. The van der Waals surface area contributed by atoms with Gasteiger partial charge in [0.05, 0.1) is 0 Å². The Bertz CT molecular complexity index is 516. The van der Waals surface area contributed by atoms with Gasteiger partial charge < -0.3 is 0 Å². The van der Waals surface area contributed by atoms with Crippen LogP contribution in [0.2, 0.25) is 0 Å². The van der Waals surface area contributed by atoms with E-state index in [1.807, 2.05) is 66.8 Å². The van der Waals surface area contributed by atoms with Gasteiger partial charge in [0.1, 0.15) is 0 Å². The number of allylic oxidation sites excluding steroid dienone is 17. The molecular formula is C25H33. The highest BCUT2D eigenvalue weighted by Gasteiger charge is 1.85. The first kappa shape index (κ1) is 22.7. The van der Waals surface area contributed by atoms with Gasteiger partial charge in [0.2, 0.25) is 0 Å². The molecule has 0 heteroatoms. The van der Waals surface area contributed by atoms with Crippen LogP contribution in [0.3, 0.4) is 0 Å². The third kappa shape index (κ3) is 21.7. The number of unbranched alkanes of at least 4 members (excludes halogenated alkanes) is 5. The van der Waals surface area contributed by atoms with Gasteiger partial charge in [-0.3, -0.25) is 0 Å². The van der Waals surface area contributed by atoms with Crippen LogP contribution in [0.15, 0.2) is 103 Å². The maximum atomic E-state index is 5.22. The maximum Gasteiger partial charge on any atom is -0.0348 e. The molecule has 0 aromatic heterocycles. The van der Waals surface area contributed by atoms with E-state index in [-0.39, 0.29) is 0 Å². The van der Waals surface area contributed by atoms with Gasteiger partial charge in [-0.1, -0.05) is 142 Å². The highest BCUT2D eigenvalue weighted by atomic mass is 13.9. The Labute approximate surface area is 155 Å². The van der Waals surface area contributed by atoms with E-state index >= 15 is 0 Å². The summed E-state index contributed by atoms with van der Waals surface area (Å²) in [5.41, 5.74) is 0. The van der Waals surface area contributed by atoms with Crippen molar-refractivity contribution in [1.82, 2.24) is 0 Å². The Morgan fingerprint density at radius 2 is 0.880 bits per heavy atom. The summed E-state index contributed by atoms with van der Waals surface area (Å²) >= 11 is 0. The van der Waals surface area contributed by atoms with Crippen molar-refractivity contribution < 1.29 is 0 Å². The van der Waals surface area contributed by atoms with Gasteiger partial charge in [-0.25, -0.2) is 0 Å². The molecule has 0 aliphatic heterocycles. The average molecular weight is 334 g/mol. The Morgan fingerprint density at radius 3 is 1.32 bits per heavy atom. The second-order valence-electron chi connectivity index (χ2n) is 5.52. The molecule has 0 unspecified atom stereocenters. The van der Waals surface area contributed by atoms with Gasteiger partial charge in [0, 0.05) is 0 Å². The van der Waals surface area contributed by atoms with E-state index in [9.17, 15) is 0 Å². The molecule has 0 bridgehead atoms. The van der Waals surface area contributed by atoms with E-state index in [4.69, 9.17) is 6.58 Å². The van der Waals surface area contributed by atoms with Gasteiger partial charge >= 0.3 is 0 Å². The molecule has 0 N–H and O–H groups in total. The zero-order valence-corrected chi connectivity index (χ0v) is 15.6. The summed E-state index contributed by atoms with van der Waals surface area (Å²) < 4.78 is 0. The van der Waals surface area contributed by atoms with E-state index in [2.05, 4.69) is 31.2 Å². The van der Waals surface area contributed by atoms with Crippen LogP contribution >= 0.6 is 0 Å². The van der Waals surface area contributed by atoms with Crippen molar-refractivity contribution in [2.24, 2.45) is 0 Å². The smallest absolute Gasteiger partial charge is 0.0348 e. The molecule has 0 rings (SSSR count). The first-order valence-electron chi connectivity index (χ1n) is 9.28. The molecule has 0 nitrogen and oxygen atoms in total. The molecule has 133 valence electrons. The van der Waals surface area contributed by atoms with Gasteiger partial charge in [0.25, 0.3) is 0 Å². The fourth-order valence-corrected chi connectivity index (χ4v) is 1.94. The summed E-state index contributed by atoms with van der Waals surface area (Å²) in [6, 6.07) is 0. The summed E-state index contributed by atoms with van der Waals surface area (Å²) in [4.78, 5) is 0. The molecule has 0 aromatic rings. The van der Waals surface area contributed by atoms with Gasteiger partial charge in [-0.15, -0.1) is 0 Å². The van der Waals surface area contributed by atoms with Crippen LogP contribution in [0.25, 0.3) is 0 Å². The highest BCUT2D eigenvalue weighted by Crippen LogP contribution is 2.05. The van der Waals surface area contributed by atoms with Crippen molar-refractivity contribution in [1.29, 1.82) is 0 Å². The molecule has 0 heterocycles. The highest BCUT2D eigenvalue weighted by molar-refractivity contribution is 5.21. The predicted molar refractivity (Wildman–Crippen MR) is 115 cm³/mol. The summed E-state index contributed by atoms with van der Waals surface area (Å²) in [5.74, 6) is 0. The van der Waals surface area contributed by atoms with Crippen molar-refractivity contribution in [2.45, 2.75) is 45.4 Å². The minimum Gasteiger partial charge on any atom is -0.0845 e. The molecule has 0 fully saturated rings. The third-order valence-corrected chi connectivity index (χ3v) is 3.28. The lowest BCUT2D eigenvalue weighted by atomic mass is 10.1. The van der Waals surface area contributed by atoms with E-state index in [0.717, 1.165) is 0 Å². The average Bonchev–Trinajstić information content (AvgIpc) is 2.63. The van der Waals surface area contributed by atoms with E-state index in [0.29, 0.717) is 0 Å². The first-order valence-corrected chi connectivity index (χ1v) is 9.28. The van der Waals surface area contributed by atoms with Crippen LogP contribution < -0.4 is 0 Å². The lowest BCUT2D eigenvalue weighted by Gasteiger charge is -1.95. The fourth-order valence-electron chi connectivity index (χ4n) is 1.94. The molecular weight excluding hydrogens is 300 g/mol. The lowest BCUT2D eigenvalue weighted by molar-refractivity contribution is 0.637. The topological polar surface area (TPSA) is 0 Å². The summed E-state index contributed by atoms with van der Waals surface area (Å²) in [6.45, 7) is 7.47. The Hall–Kier alpha value is -2.34. The van der Waals surface area contributed by atoms with Gasteiger partial charge in [0.15, 0.2) is 0 Å². The Balaban J connectivity index is 3.71. The summed E-state index contributed by atoms with van der Waals surface area (Å²) in [5, 5.41) is 0. The molecule has 0 atom stereocenters. The molecule has 0 saturated heterocycles. The quantitative estimate of drug-likeness (QED) is 0.225. The molecule has 0 amide bonds. The van der Waals surface area contributed by atoms with Crippen molar-refractivity contribution in [3.05, 3.63) is 110 Å². The molecule has 1 radical (unpaired) electrons. The van der Waals surface area contributed by atoms with Crippen molar-refractivity contribution >= 4 is 0 Å². The van der Waals surface area contributed by atoms with E-state index < -0.39 is 0 Å². The maximum absolute atomic E-state index is 5.22. The third-order valence-electron chi connectivity index (χ3n) is 3.28. The molecule has 0 aliphatic rings. The molecule has 0 spiro atoms. The van der Waals surface area contributed by atoms with Crippen molar-refractivity contribution in [3.8, 4) is 0 Å². The number of hydrogen-bond acceptors (Lipinski definition) is 0. The van der Waals surface area contributed by atoms with Crippen LogP contribution in [-0.4, -0.2) is 0 Å². The van der Waals surface area contributed by atoms with Crippen molar-refractivity contribution in [3.63, 3.8) is 0 Å². The van der Waals surface area contributed by atoms with Crippen LogP contribution in [0.4, 0.5) is 0 Å². The van der Waals surface area contributed by atoms with Crippen LogP contribution in [0.1, 0.15) is 45.4 Å². The summed E-state index contributed by atoms with van der Waals surface area (Å²) in [6.07, 6.45) is 41.5. The van der Waals surface area contributed by atoms with E-state index in [1.54, 1.807) is 6.08 Å². The summed E-state index contributed by atoms with van der Waals surface area (Å²) in [7, 11) is 0. The molecule has 25 heavy (non-hydrogen) atoms. The fraction of sp³-hybridized carbons (Fsp3) is 0.280. The van der Waals surface area contributed by atoms with Crippen LogP contribution in [-0.2, 0) is 0 Å². The minimum atomic E-state index is 1.19. The molecule has 0 saturated carbocycles. The zero-order chi connectivity index (χ0) is 18.3. The second-order valence-corrected chi connectivity index (χ2v) is 5.52. The van der Waals surface area contributed by atoms with Gasteiger partial charge in [-0.05, 0) is 12.8 Å². The normalized spacial score (nSPS) is 13.6. The first-order chi connectivity index (χ1) is 12.4. The minimum absolute atomic E-state index is 1.19. The standard InChI is InChI=1S/C25H33/c1-3-5-7-9-11-13-15-17-19-21-23-25-24-22-20-18-16-14-12-10-8-6-4-2/h1,3,5,7,9,11,13,15-25H,4,6,8,10,12,14H2,2H3/b3-1?,7-5+,11-9+,15-13+,18-16+,19-17+,22-20+,23-21+,25-24+. The van der Waals surface area contributed by atoms with Crippen molar-refractivity contribution in [2.75, 3.05) is 0 Å². The van der Waals surface area contributed by atoms with Crippen LogP contribution in [0.5, 0.6) is 0 Å². The molecule has 0 aliphatic carbocycles. The Morgan fingerprint density at radius 1 is 0.480 bits per heavy atom. The lowest BCUT2D eigenvalue weighted by Crippen LogP contribution is -1.75. The van der Waals surface area contributed by atoms with E-state index in [1.165, 1.54) is 44.6 Å². The van der Waals surface area contributed by atoms with Gasteiger partial charge in [-0.2, -0.15) is 0 Å². The zero-order valence-electron chi connectivity index (χ0n) is 15.6. The largest absolute Gasteiger partial charge is 0.0845 e. The number of rotatable bonds is 14.